The summed E-state index contributed by atoms with van der Waals surface area (Å²) in [5.74, 6) is 1.55. The fourth-order valence-corrected chi connectivity index (χ4v) is 2.17. The third-order valence-corrected chi connectivity index (χ3v) is 3.70. The van der Waals surface area contributed by atoms with E-state index < -0.39 is 0 Å². The molecule has 0 fully saturated rings. The molecule has 2 rings (SSSR count). The van der Waals surface area contributed by atoms with Crippen LogP contribution >= 0.6 is 11.6 Å². The monoisotopic (exact) mass is 291 g/mol. The van der Waals surface area contributed by atoms with Gasteiger partial charge in [0, 0.05) is 16.3 Å². The zero-order chi connectivity index (χ0) is 14.7. The molecule has 3 nitrogen and oxygen atoms in total. The first-order chi connectivity index (χ1) is 9.51. The first kappa shape index (κ1) is 14.5. The maximum atomic E-state index is 6.14. The molecule has 0 atom stereocenters. The van der Waals surface area contributed by atoms with Crippen LogP contribution in [-0.2, 0) is 6.61 Å². The zero-order valence-corrected chi connectivity index (χ0v) is 12.6. The molecular weight excluding hydrogens is 274 g/mol. The third-order valence-electron chi connectivity index (χ3n) is 3.11. The van der Waals surface area contributed by atoms with Crippen LogP contribution in [0.5, 0.6) is 11.5 Å². The van der Waals surface area contributed by atoms with Crippen molar-refractivity contribution in [1.29, 1.82) is 0 Å². The smallest absolute Gasteiger partial charge is 0.125 e. The Bertz CT molecular complexity index is 603. The van der Waals surface area contributed by atoms with E-state index in [-0.39, 0.29) is 0 Å². The molecule has 0 aliphatic carbocycles. The summed E-state index contributed by atoms with van der Waals surface area (Å²) in [6.45, 7) is 4.32. The van der Waals surface area contributed by atoms with E-state index in [0.717, 1.165) is 33.2 Å². The topological polar surface area (TPSA) is 44.5 Å². The van der Waals surface area contributed by atoms with Crippen molar-refractivity contribution in [3.05, 3.63) is 52.0 Å². The molecule has 106 valence electrons. The Morgan fingerprint density at radius 2 is 1.75 bits per heavy atom. The number of nitrogen functional groups attached to an aromatic ring is 1. The molecule has 0 saturated carbocycles. The van der Waals surface area contributed by atoms with E-state index in [4.69, 9.17) is 26.8 Å². The van der Waals surface area contributed by atoms with E-state index in [2.05, 4.69) is 0 Å². The number of benzene rings is 2. The Labute approximate surface area is 124 Å². The van der Waals surface area contributed by atoms with Gasteiger partial charge in [0.25, 0.3) is 0 Å². The normalized spacial score (nSPS) is 10.4. The van der Waals surface area contributed by atoms with Gasteiger partial charge >= 0.3 is 0 Å². The van der Waals surface area contributed by atoms with Crippen LogP contribution in [-0.4, -0.2) is 7.11 Å². The first-order valence-corrected chi connectivity index (χ1v) is 6.71. The van der Waals surface area contributed by atoms with Gasteiger partial charge in [0.2, 0.25) is 0 Å². The van der Waals surface area contributed by atoms with Gasteiger partial charge in [-0.25, -0.2) is 0 Å². The van der Waals surface area contributed by atoms with Gasteiger partial charge in [0.05, 0.1) is 7.11 Å². The number of hydrogen-bond acceptors (Lipinski definition) is 3. The highest BCUT2D eigenvalue weighted by Gasteiger charge is 2.07. The third kappa shape index (κ3) is 3.17. The molecule has 0 amide bonds. The average molecular weight is 292 g/mol. The number of methoxy groups -OCH3 is 1. The van der Waals surface area contributed by atoms with Gasteiger partial charge in [-0.3, -0.25) is 0 Å². The van der Waals surface area contributed by atoms with Gasteiger partial charge in [-0.2, -0.15) is 0 Å². The second-order valence-electron chi connectivity index (χ2n) is 4.73. The van der Waals surface area contributed by atoms with Crippen molar-refractivity contribution in [1.82, 2.24) is 0 Å². The summed E-state index contributed by atoms with van der Waals surface area (Å²) in [4.78, 5) is 0. The molecule has 0 unspecified atom stereocenters. The number of hydrogen-bond donors (Lipinski definition) is 1. The number of ether oxygens (including phenoxy) is 2. The summed E-state index contributed by atoms with van der Waals surface area (Å²) >= 11 is 6.14. The van der Waals surface area contributed by atoms with Crippen molar-refractivity contribution >= 4 is 17.3 Å². The van der Waals surface area contributed by atoms with Crippen LogP contribution in [0.1, 0.15) is 16.7 Å². The molecule has 0 heterocycles. The second kappa shape index (κ2) is 6.06. The summed E-state index contributed by atoms with van der Waals surface area (Å²) in [5.41, 5.74) is 9.40. The number of anilines is 1. The molecule has 4 heteroatoms. The molecule has 2 N–H and O–H groups in total. The SMILES string of the molecule is COc1ccc(N)cc1COc1cc(C)c(Cl)c(C)c1. The standard InChI is InChI=1S/C16H18ClNO2/c1-10-6-14(7-11(2)16(10)17)20-9-12-8-13(18)4-5-15(12)19-3/h4-8H,9,18H2,1-3H3. The molecular formula is C16H18ClNO2. The van der Waals surface area contributed by atoms with E-state index in [9.17, 15) is 0 Å². The Hall–Kier alpha value is -1.87. The van der Waals surface area contributed by atoms with Gasteiger partial charge in [-0.05, 0) is 55.3 Å². The molecule has 0 aliphatic rings. The molecule has 0 radical (unpaired) electrons. The lowest BCUT2D eigenvalue weighted by Crippen LogP contribution is -2.00. The Kier molecular flexibility index (Phi) is 4.40. The van der Waals surface area contributed by atoms with Crippen molar-refractivity contribution in [2.75, 3.05) is 12.8 Å². The average Bonchev–Trinajstić information content (AvgIpc) is 2.42. The fourth-order valence-electron chi connectivity index (χ4n) is 2.06. The Balaban J connectivity index is 2.18. The Morgan fingerprint density at radius 3 is 2.35 bits per heavy atom. The summed E-state index contributed by atoms with van der Waals surface area (Å²) in [6.07, 6.45) is 0. The molecule has 0 aromatic heterocycles. The van der Waals surface area contributed by atoms with Crippen molar-refractivity contribution in [2.24, 2.45) is 0 Å². The van der Waals surface area contributed by atoms with E-state index in [1.54, 1.807) is 13.2 Å². The molecule has 2 aromatic rings. The van der Waals surface area contributed by atoms with Gasteiger partial charge in [0.15, 0.2) is 0 Å². The van der Waals surface area contributed by atoms with Gasteiger partial charge in [-0.15, -0.1) is 0 Å². The minimum atomic E-state index is 0.398. The van der Waals surface area contributed by atoms with Crippen LogP contribution in [0, 0.1) is 13.8 Å². The summed E-state index contributed by atoms with van der Waals surface area (Å²) in [7, 11) is 1.63. The lowest BCUT2D eigenvalue weighted by atomic mass is 10.1. The zero-order valence-electron chi connectivity index (χ0n) is 11.9. The predicted octanol–water partition coefficient (Wildman–Crippen LogP) is 4.13. The lowest BCUT2D eigenvalue weighted by molar-refractivity contribution is 0.296. The number of halogens is 1. The highest BCUT2D eigenvalue weighted by atomic mass is 35.5. The Morgan fingerprint density at radius 1 is 1.10 bits per heavy atom. The van der Waals surface area contributed by atoms with E-state index in [1.165, 1.54) is 0 Å². The van der Waals surface area contributed by atoms with Crippen LogP contribution in [0.15, 0.2) is 30.3 Å². The number of rotatable bonds is 4. The van der Waals surface area contributed by atoms with E-state index in [0.29, 0.717) is 12.3 Å². The molecule has 2 aromatic carbocycles. The number of aryl methyl sites for hydroxylation is 2. The van der Waals surface area contributed by atoms with Crippen LogP contribution in [0.3, 0.4) is 0 Å². The van der Waals surface area contributed by atoms with Crippen molar-refractivity contribution in [2.45, 2.75) is 20.5 Å². The van der Waals surface area contributed by atoms with Crippen molar-refractivity contribution < 1.29 is 9.47 Å². The van der Waals surface area contributed by atoms with Gasteiger partial charge in [0.1, 0.15) is 18.1 Å². The molecule has 0 bridgehead atoms. The summed E-state index contributed by atoms with van der Waals surface area (Å²) in [5, 5.41) is 0.777. The first-order valence-electron chi connectivity index (χ1n) is 6.33. The van der Waals surface area contributed by atoms with Crippen LogP contribution < -0.4 is 15.2 Å². The number of nitrogens with two attached hydrogens (primary N) is 1. The largest absolute Gasteiger partial charge is 0.496 e. The maximum absolute atomic E-state index is 6.14. The summed E-state index contributed by atoms with van der Waals surface area (Å²) in [6, 6.07) is 9.35. The van der Waals surface area contributed by atoms with Crippen LogP contribution in [0.4, 0.5) is 5.69 Å². The highest BCUT2D eigenvalue weighted by molar-refractivity contribution is 6.32. The van der Waals surface area contributed by atoms with E-state index >= 15 is 0 Å². The predicted molar refractivity (Wildman–Crippen MR) is 82.7 cm³/mol. The maximum Gasteiger partial charge on any atom is 0.125 e. The van der Waals surface area contributed by atoms with Gasteiger partial charge in [-0.1, -0.05) is 11.6 Å². The van der Waals surface area contributed by atoms with Crippen molar-refractivity contribution in [3.63, 3.8) is 0 Å². The summed E-state index contributed by atoms with van der Waals surface area (Å²) < 4.78 is 11.1. The fraction of sp³-hybridized carbons (Fsp3) is 0.250. The molecule has 20 heavy (non-hydrogen) atoms. The molecule has 0 saturated heterocycles. The minimum absolute atomic E-state index is 0.398. The van der Waals surface area contributed by atoms with Crippen LogP contribution in [0.25, 0.3) is 0 Å². The second-order valence-corrected chi connectivity index (χ2v) is 5.11. The minimum Gasteiger partial charge on any atom is -0.496 e. The van der Waals surface area contributed by atoms with E-state index in [1.807, 2.05) is 38.1 Å². The molecule has 0 spiro atoms. The lowest BCUT2D eigenvalue weighted by Gasteiger charge is -2.12. The molecule has 0 aliphatic heterocycles. The van der Waals surface area contributed by atoms with Gasteiger partial charge < -0.3 is 15.2 Å². The quantitative estimate of drug-likeness (QED) is 0.862. The van der Waals surface area contributed by atoms with Crippen LogP contribution in [0.2, 0.25) is 5.02 Å². The van der Waals surface area contributed by atoms with Crippen molar-refractivity contribution in [3.8, 4) is 11.5 Å². The highest BCUT2D eigenvalue weighted by Crippen LogP contribution is 2.28.